The molecule has 0 saturated carbocycles. The molecule has 0 spiro atoms. The second kappa shape index (κ2) is 5.65. The quantitative estimate of drug-likeness (QED) is 0.822. The van der Waals surface area contributed by atoms with Gasteiger partial charge in [-0.15, -0.1) is 0 Å². The molecule has 1 rings (SSSR count). The molecule has 2 heteroatoms. The highest BCUT2D eigenvalue weighted by Crippen LogP contribution is 2.18. The summed E-state index contributed by atoms with van der Waals surface area (Å²) < 4.78 is 0. The molecule has 0 amide bonds. The fourth-order valence-corrected chi connectivity index (χ4v) is 1.62. The Morgan fingerprint density at radius 3 is 2.47 bits per heavy atom. The first-order chi connectivity index (χ1) is 7.83. The summed E-state index contributed by atoms with van der Waals surface area (Å²) in [6.45, 7) is 10.8. The molecule has 0 aromatic heterocycles. The van der Waals surface area contributed by atoms with Crippen LogP contribution in [0.4, 0.5) is 0 Å². The van der Waals surface area contributed by atoms with Gasteiger partial charge in [0.15, 0.2) is 0 Å². The summed E-state index contributed by atoms with van der Waals surface area (Å²) >= 11 is 0. The number of aliphatic hydroxyl groups is 1. The lowest BCUT2D eigenvalue weighted by molar-refractivity contribution is 0.0122. The third kappa shape index (κ3) is 4.14. The fourth-order valence-electron chi connectivity index (χ4n) is 1.62. The lowest BCUT2D eigenvalue weighted by Crippen LogP contribution is -2.42. The van der Waals surface area contributed by atoms with Crippen LogP contribution in [0.2, 0.25) is 0 Å². The molecule has 0 aliphatic heterocycles. The molecule has 96 valence electrons. The van der Waals surface area contributed by atoms with Crippen LogP contribution in [0.5, 0.6) is 0 Å². The zero-order chi connectivity index (χ0) is 13.1. The Hall–Kier alpha value is -0.860. The van der Waals surface area contributed by atoms with E-state index in [1.165, 1.54) is 11.1 Å². The van der Waals surface area contributed by atoms with Crippen molar-refractivity contribution < 1.29 is 5.11 Å². The number of rotatable bonds is 5. The summed E-state index contributed by atoms with van der Waals surface area (Å²) in [5.41, 5.74) is 1.88. The minimum Gasteiger partial charge on any atom is -0.389 e. The van der Waals surface area contributed by atoms with Gasteiger partial charge in [0.1, 0.15) is 0 Å². The molecule has 2 N–H and O–H groups in total. The maximum atomic E-state index is 10.2. The van der Waals surface area contributed by atoms with Crippen LogP contribution in [0, 0.1) is 12.8 Å². The highest BCUT2D eigenvalue weighted by atomic mass is 16.3. The van der Waals surface area contributed by atoms with Crippen molar-refractivity contribution >= 4 is 0 Å². The monoisotopic (exact) mass is 235 g/mol. The summed E-state index contributed by atoms with van der Waals surface area (Å²) in [6, 6.07) is 8.74. The van der Waals surface area contributed by atoms with E-state index < -0.39 is 5.60 Å². The van der Waals surface area contributed by atoms with Crippen molar-refractivity contribution in [3.05, 3.63) is 35.4 Å². The summed E-state index contributed by atoms with van der Waals surface area (Å²) in [6.07, 6.45) is 0. The van der Waals surface area contributed by atoms with Gasteiger partial charge >= 0.3 is 0 Å². The average Bonchev–Trinajstić information content (AvgIpc) is 2.25. The van der Waals surface area contributed by atoms with Gasteiger partial charge in [-0.05, 0) is 32.3 Å². The predicted molar refractivity (Wildman–Crippen MR) is 73.1 cm³/mol. The van der Waals surface area contributed by atoms with Crippen molar-refractivity contribution in [3.8, 4) is 0 Å². The van der Waals surface area contributed by atoms with E-state index >= 15 is 0 Å². The predicted octanol–water partition coefficient (Wildman–Crippen LogP) is 3.05. The van der Waals surface area contributed by atoms with Crippen molar-refractivity contribution in [1.29, 1.82) is 0 Å². The minimum atomic E-state index is -0.655. The highest BCUT2D eigenvalue weighted by molar-refractivity contribution is 5.24. The van der Waals surface area contributed by atoms with Crippen LogP contribution in [0.1, 0.15) is 44.9 Å². The lowest BCUT2D eigenvalue weighted by atomic mass is 9.92. The Bertz CT molecular complexity index is 358. The van der Waals surface area contributed by atoms with Crippen LogP contribution in [-0.4, -0.2) is 17.3 Å². The van der Waals surface area contributed by atoms with Crippen LogP contribution in [0.25, 0.3) is 0 Å². The SMILES string of the molecule is Cc1cccc([C@H](C)NCC(C)(O)C(C)C)c1. The summed E-state index contributed by atoms with van der Waals surface area (Å²) in [5, 5.41) is 13.6. The van der Waals surface area contributed by atoms with Crippen molar-refractivity contribution in [3.63, 3.8) is 0 Å². The van der Waals surface area contributed by atoms with Crippen molar-refractivity contribution in [2.45, 2.75) is 46.3 Å². The topological polar surface area (TPSA) is 32.3 Å². The first-order valence-electron chi connectivity index (χ1n) is 6.35. The second-order valence-corrected chi connectivity index (χ2v) is 5.53. The van der Waals surface area contributed by atoms with Crippen molar-refractivity contribution in [2.24, 2.45) is 5.92 Å². The first kappa shape index (κ1) is 14.2. The number of hydrogen-bond donors (Lipinski definition) is 2. The molecule has 0 aliphatic rings. The highest BCUT2D eigenvalue weighted by Gasteiger charge is 2.25. The maximum absolute atomic E-state index is 10.2. The van der Waals surface area contributed by atoms with Crippen molar-refractivity contribution in [2.75, 3.05) is 6.54 Å². The van der Waals surface area contributed by atoms with E-state index in [9.17, 15) is 5.11 Å². The van der Waals surface area contributed by atoms with Gasteiger partial charge in [0.2, 0.25) is 0 Å². The van der Waals surface area contributed by atoms with Crippen LogP contribution in [0.15, 0.2) is 24.3 Å². The molecular formula is C15H25NO. The van der Waals surface area contributed by atoms with Gasteiger partial charge < -0.3 is 10.4 Å². The third-order valence-electron chi connectivity index (χ3n) is 3.55. The molecule has 0 aliphatic carbocycles. The molecule has 1 aromatic carbocycles. The van der Waals surface area contributed by atoms with E-state index in [2.05, 4.69) is 43.4 Å². The molecule has 0 heterocycles. The maximum Gasteiger partial charge on any atom is 0.0766 e. The fraction of sp³-hybridized carbons (Fsp3) is 0.600. The molecule has 0 radical (unpaired) electrons. The zero-order valence-corrected chi connectivity index (χ0v) is 11.6. The molecule has 0 fully saturated rings. The molecule has 2 nitrogen and oxygen atoms in total. The van der Waals surface area contributed by atoms with Gasteiger partial charge in [-0.1, -0.05) is 43.7 Å². The molecule has 2 atom stereocenters. The van der Waals surface area contributed by atoms with Crippen molar-refractivity contribution in [1.82, 2.24) is 5.32 Å². The zero-order valence-electron chi connectivity index (χ0n) is 11.6. The second-order valence-electron chi connectivity index (χ2n) is 5.53. The van der Waals surface area contributed by atoms with E-state index in [-0.39, 0.29) is 12.0 Å². The normalized spacial score (nSPS) is 16.9. The van der Waals surface area contributed by atoms with Gasteiger partial charge in [0.25, 0.3) is 0 Å². The average molecular weight is 235 g/mol. The van der Waals surface area contributed by atoms with E-state index in [1.54, 1.807) is 0 Å². The Balaban J connectivity index is 2.59. The number of benzene rings is 1. The van der Waals surface area contributed by atoms with E-state index in [1.807, 2.05) is 20.8 Å². The Labute approximate surface area is 105 Å². The van der Waals surface area contributed by atoms with Crippen LogP contribution >= 0.6 is 0 Å². The molecule has 17 heavy (non-hydrogen) atoms. The third-order valence-corrected chi connectivity index (χ3v) is 3.55. The summed E-state index contributed by atoms with van der Waals surface area (Å²) in [5.74, 6) is 0.250. The summed E-state index contributed by atoms with van der Waals surface area (Å²) in [4.78, 5) is 0. The van der Waals surface area contributed by atoms with E-state index in [4.69, 9.17) is 0 Å². The number of aryl methyl sites for hydroxylation is 1. The molecule has 1 aromatic rings. The van der Waals surface area contributed by atoms with Crippen LogP contribution < -0.4 is 5.32 Å². The largest absolute Gasteiger partial charge is 0.389 e. The van der Waals surface area contributed by atoms with Crippen LogP contribution in [-0.2, 0) is 0 Å². The molecule has 0 bridgehead atoms. The number of hydrogen-bond acceptors (Lipinski definition) is 2. The lowest BCUT2D eigenvalue weighted by Gasteiger charge is -2.29. The Morgan fingerprint density at radius 1 is 1.29 bits per heavy atom. The van der Waals surface area contributed by atoms with E-state index in [0.717, 1.165) is 0 Å². The smallest absolute Gasteiger partial charge is 0.0766 e. The van der Waals surface area contributed by atoms with Gasteiger partial charge in [0, 0.05) is 12.6 Å². The van der Waals surface area contributed by atoms with Gasteiger partial charge in [0.05, 0.1) is 5.60 Å². The number of nitrogens with one attached hydrogen (secondary N) is 1. The summed E-state index contributed by atoms with van der Waals surface area (Å²) in [7, 11) is 0. The molecule has 0 saturated heterocycles. The van der Waals surface area contributed by atoms with Gasteiger partial charge in [-0.3, -0.25) is 0 Å². The minimum absolute atomic E-state index is 0.250. The van der Waals surface area contributed by atoms with Gasteiger partial charge in [-0.25, -0.2) is 0 Å². The Kier molecular flexibility index (Phi) is 4.72. The van der Waals surface area contributed by atoms with Crippen LogP contribution in [0.3, 0.4) is 0 Å². The molecular weight excluding hydrogens is 210 g/mol. The Morgan fingerprint density at radius 2 is 1.94 bits per heavy atom. The van der Waals surface area contributed by atoms with E-state index in [0.29, 0.717) is 6.54 Å². The first-order valence-corrected chi connectivity index (χ1v) is 6.35. The standard InChI is InChI=1S/C15H25NO/c1-11(2)15(5,17)10-16-13(4)14-8-6-7-12(3)9-14/h6-9,11,13,16-17H,10H2,1-5H3/t13-,15?/m0/s1. The molecule has 1 unspecified atom stereocenters. The van der Waals surface area contributed by atoms with Gasteiger partial charge in [-0.2, -0.15) is 0 Å².